The molecule has 1 aliphatic rings. The average molecular weight is 283 g/mol. The summed E-state index contributed by atoms with van der Waals surface area (Å²) in [5.41, 5.74) is -0.192. The van der Waals surface area contributed by atoms with Gasteiger partial charge in [0.25, 0.3) is 0 Å². The standard InChI is InChI=1S/C14H19ClN2O2/c1-14(2,3)19-12-6-5-11(8-12)17(18)13-7-4-10(15)9-16-13/h4-7,9,11-12,18H,8H2,1-3H3/t11-,12?/m1/s1. The van der Waals surface area contributed by atoms with E-state index in [2.05, 4.69) is 4.98 Å². The molecule has 0 fully saturated rings. The molecule has 2 atom stereocenters. The van der Waals surface area contributed by atoms with Crippen molar-refractivity contribution in [1.82, 2.24) is 4.98 Å². The number of hydroxylamine groups is 1. The third kappa shape index (κ3) is 3.93. The number of anilines is 1. The van der Waals surface area contributed by atoms with Crippen LogP contribution in [0.1, 0.15) is 27.2 Å². The monoisotopic (exact) mass is 282 g/mol. The largest absolute Gasteiger partial charge is 0.368 e. The fourth-order valence-corrected chi connectivity index (χ4v) is 2.16. The number of hydrogen-bond acceptors (Lipinski definition) is 4. The van der Waals surface area contributed by atoms with Crippen molar-refractivity contribution >= 4 is 17.4 Å². The molecule has 0 amide bonds. The fourth-order valence-electron chi connectivity index (χ4n) is 2.04. The molecule has 2 rings (SSSR count). The molecule has 0 spiro atoms. The number of pyridine rings is 1. The van der Waals surface area contributed by atoms with Gasteiger partial charge in [-0.05, 0) is 32.9 Å². The predicted molar refractivity (Wildman–Crippen MR) is 75.7 cm³/mol. The molecule has 1 aromatic rings. The van der Waals surface area contributed by atoms with Crippen LogP contribution in [0.3, 0.4) is 0 Å². The molecule has 104 valence electrons. The molecule has 0 saturated carbocycles. The lowest BCUT2D eigenvalue weighted by Crippen LogP contribution is -2.33. The molecule has 0 aromatic carbocycles. The second-order valence-corrected chi connectivity index (χ2v) is 6.07. The molecular weight excluding hydrogens is 264 g/mol. The predicted octanol–water partition coefficient (Wildman–Crippen LogP) is 3.44. The topological polar surface area (TPSA) is 45.6 Å². The highest BCUT2D eigenvalue weighted by molar-refractivity contribution is 6.30. The quantitative estimate of drug-likeness (QED) is 0.681. The Hall–Kier alpha value is -1.10. The second-order valence-electron chi connectivity index (χ2n) is 5.64. The first-order valence-corrected chi connectivity index (χ1v) is 6.69. The number of rotatable bonds is 3. The summed E-state index contributed by atoms with van der Waals surface area (Å²) in [6.07, 6.45) is 6.16. The van der Waals surface area contributed by atoms with Crippen molar-refractivity contribution in [2.45, 2.75) is 44.9 Å². The number of hydrogen-bond donors (Lipinski definition) is 1. The van der Waals surface area contributed by atoms with Gasteiger partial charge in [0.1, 0.15) is 0 Å². The highest BCUT2D eigenvalue weighted by atomic mass is 35.5. The van der Waals surface area contributed by atoms with Crippen molar-refractivity contribution < 1.29 is 9.94 Å². The minimum Gasteiger partial charge on any atom is -0.368 e. The number of aromatic nitrogens is 1. The average Bonchev–Trinajstić information content (AvgIpc) is 2.75. The summed E-state index contributed by atoms with van der Waals surface area (Å²) in [5, 5.41) is 11.8. The third-order valence-electron chi connectivity index (χ3n) is 2.79. The van der Waals surface area contributed by atoms with E-state index < -0.39 is 0 Å². The van der Waals surface area contributed by atoms with Gasteiger partial charge in [0.05, 0.1) is 22.8 Å². The van der Waals surface area contributed by atoms with Crippen LogP contribution in [0, 0.1) is 0 Å². The summed E-state index contributed by atoms with van der Waals surface area (Å²) in [5.74, 6) is 0.482. The first-order chi connectivity index (χ1) is 8.85. The van der Waals surface area contributed by atoms with E-state index in [-0.39, 0.29) is 17.7 Å². The van der Waals surface area contributed by atoms with Gasteiger partial charge in [0, 0.05) is 12.6 Å². The van der Waals surface area contributed by atoms with Gasteiger partial charge >= 0.3 is 0 Å². The van der Waals surface area contributed by atoms with Crippen LogP contribution >= 0.6 is 11.6 Å². The van der Waals surface area contributed by atoms with Gasteiger partial charge in [0.15, 0.2) is 5.82 Å². The van der Waals surface area contributed by atoms with Gasteiger partial charge in [-0.1, -0.05) is 23.8 Å². The zero-order valence-corrected chi connectivity index (χ0v) is 12.1. The SMILES string of the molecule is CC(C)(C)OC1C=C[C@@H](N(O)c2ccc(Cl)cn2)C1. The van der Waals surface area contributed by atoms with Crippen LogP contribution in [0.15, 0.2) is 30.5 Å². The van der Waals surface area contributed by atoms with E-state index in [1.54, 1.807) is 12.1 Å². The van der Waals surface area contributed by atoms with Crippen LogP contribution in [0.25, 0.3) is 0 Å². The summed E-state index contributed by atoms with van der Waals surface area (Å²) in [6.45, 7) is 6.06. The maximum Gasteiger partial charge on any atom is 0.152 e. The van der Waals surface area contributed by atoms with Crippen molar-refractivity contribution in [3.63, 3.8) is 0 Å². The lowest BCUT2D eigenvalue weighted by Gasteiger charge is -2.26. The smallest absolute Gasteiger partial charge is 0.152 e. The van der Waals surface area contributed by atoms with Crippen LogP contribution in [0.4, 0.5) is 5.82 Å². The lowest BCUT2D eigenvalue weighted by atomic mass is 10.1. The van der Waals surface area contributed by atoms with Gasteiger partial charge in [-0.3, -0.25) is 5.21 Å². The van der Waals surface area contributed by atoms with Crippen LogP contribution in [-0.4, -0.2) is 27.9 Å². The van der Waals surface area contributed by atoms with Gasteiger partial charge in [-0.15, -0.1) is 0 Å². The minimum absolute atomic E-state index is 0.0203. The number of ether oxygens (including phenoxy) is 1. The van der Waals surface area contributed by atoms with Gasteiger partial charge in [-0.2, -0.15) is 0 Å². The molecule has 4 nitrogen and oxygen atoms in total. The van der Waals surface area contributed by atoms with Crippen molar-refractivity contribution in [2.24, 2.45) is 0 Å². The van der Waals surface area contributed by atoms with Crippen molar-refractivity contribution in [2.75, 3.05) is 5.06 Å². The van der Waals surface area contributed by atoms with Gasteiger partial charge in [0.2, 0.25) is 0 Å². The Kier molecular flexibility index (Phi) is 4.13. The lowest BCUT2D eigenvalue weighted by molar-refractivity contribution is -0.0400. The number of nitrogens with zero attached hydrogens (tertiary/aromatic N) is 2. The molecule has 1 aliphatic carbocycles. The fraction of sp³-hybridized carbons (Fsp3) is 0.500. The van der Waals surface area contributed by atoms with Crippen molar-refractivity contribution in [3.8, 4) is 0 Å². The highest BCUT2D eigenvalue weighted by Crippen LogP contribution is 2.25. The zero-order chi connectivity index (χ0) is 14.0. The summed E-state index contributed by atoms with van der Waals surface area (Å²) >= 11 is 5.78. The van der Waals surface area contributed by atoms with Crippen molar-refractivity contribution in [3.05, 3.63) is 35.5 Å². The van der Waals surface area contributed by atoms with Gasteiger partial charge in [-0.25, -0.2) is 10.0 Å². The minimum atomic E-state index is -0.192. The summed E-state index contributed by atoms with van der Waals surface area (Å²) in [4.78, 5) is 4.09. The van der Waals surface area contributed by atoms with Crippen LogP contribution in [0.2, 0.25) is 5.02 Å². The Bertz CT molecular complexity index is 454. The molecular formula is C14H19ClN2O2. The molecule has 1 heterocycles. The Morgan fingerprint density at radius 1 is 1.37 bits per heavy atom. The van der Waals surface area contributed by atoms with Gasteiger partial charge < -0.3 is 4.74 Å². The Morgan fingerprint density at radius 3 is 2.68 bits per heavy atom. The highest BCUT2D eigenvalue weighted by Gasteiger charge is 2.28. The van der Waals surface area contributed by atoms with E-state index in [4.69, 9.17) is 16.3 Å². The maximum atomic E-state index is 10.1. The van der Waals surface area contributed by atoms with E-state index in [9.17, 15) is 5.21 Å². The van der Waals surface area contributed by atoms with E-state index in [0.717, 1.165) is 5.06 Å². The summed E-state index contributed by atoms with van der Waals surface area (Å²) in [7, 11) is 0. The first-order valence-electron chi connectivity index (χ1n) is 6.31. The molecule has 0 saturated heterocycles. The van der Waals surface area contributed by atoms with E-state index in [0.29, 0.717) is 17.3 Å². The van der Waals surface area contributed by atoms with E-state index in [1.807, 2.05) is 32.9 Å². The van der Waals surface area contributed by atoms with E-state index >= 15 is 0 Å². The van der Waals surface area contributed by atoms with E-state index in [1.165, 1.54) is 6.20 Å². The maximum absolute atomic E-state index is 10.1. The third-order valence-corrected chi connectivity index (χ3v) is 3.01. The summed E-state index contributed by atoms with van der Waals surface area (Å²) < 4.78 is 5.87. The molecule has 0 bridgehead atoms. The Balaban J connectivity index is 1.97. The van der Waals surface area contributed by atoms with Crippen LogP contribution in [-0.2, 0) is 4.74 Å². The molecule has 19 heavy (non-hydrogen) atoms. The Morgan fingerprint density at radius 2 is 2.11 bits per heavy atom. The molecule has 0 radical (unpaired) electrons. The second kappa shape index (κ2) is 5.49. The zero-order valence-electron chi connectivity index (χ0n) is 11.4. The number of halogens is 1. The van der Waals surface area contributed by atoms with Crippen LogP contribution in [0.5, 0.6) is 0 Å². The van der Waals surface area contributed by atoms with Crippen LogP contribution < -0.4 is 5.06 Å². The normalized spacial score (nSPS) is 22.8. The Labute approximate surface area is 118 Å². The molecule has 0 aliphatic heterocycles. The van der Waals surface area contributed by atoms with Crippen molar-refractivity contribution in [1.29, 1.82) is 0 Å². The molecule has 1 aromatic heterocycles. The molecule has 1 unspecified atom stereocenters. The molecule has 1 N–H and O–H groups in total. The summed E-state index contributed by atoms with van der Waals surface area (Å²) in [6, 6.07) is 3.27. The molecule has 5 heteroatoms. The first kappa shape index (κ1) is 14.3.